The third kappa shape index (κ3) is 5.74. The predicted octanol–water partition coefficient (Wildman–Crippen LogP) is 0.855. The van der Waals surface area contributed by atoms with E-state index in [-0.39, 0.29) is 17.4 Å². The second-order valence-corrected chi connectivity index (χ2v) is 4.91. The summed E-state index contributed by atoms with van der Waals surface area (Å²) in [6, 6.07) is 0.184. The zero-order valence-electron chi connectivity index (χ0n) is 10.5. The van der Waals surface area contributed by atoms with Crippen molar-refractivity contribution >= 4 is 5.97 Å². The van der Waals surface area contributed by atoms with Crippen LogP contribution < -0.4 is 5.73 Å². The van der Waals surface area contributed by atoms with E-state index >= 15 is 0 Å². The van der Waals surface area contributed by atoms with Crippen molar-refractivity contribution in [2.24, 2.45) is 11.1 Å². The smallest absolute Gasteiger partial charge is 0.307 e. The molecule has 0 heterocycles. The monoisotopic (exact) mass is 216 g/mol. The van der Waals surface area contributed by atoms with Crippen LogP contribution in [-0.2, 0) is 9.53 Å². The van der Waals surface area contributed by atoms with Gasteiger partial charge in [0.1, 0.15) is 0 Å². The lowest BCUT2D eigenvalue weighted by Gasteiger charge is -2.32. The second-order valence-electron chi connectivity index (χ2n) is 4.91. The van der Waals surface area contributed by atoms with E-state index < -0.39 is 0 Å². The Balaban J connectivity index is 4.09. The number of rotatable bonds is 6. The predicted molar refractivity (Wildman–Crippen MR) is 61.6 cm³/mol. The molecule has 90 valence electrons. The molecule has 4 nitrogen and oxygen atoms in total. The normalized spacial score (nSPS) is 14.1. The fourth-order valence-corrected chi connectivity index (χ4v) is 1.38. The molecule has 0 rings (SSSR count). The summed E-state index contributed by atoms with van der Waals surface area (Å²) < 4.78 is 4.64. The molecule has 4 heteroatoms. The Labute approximate surface area is 92.8 Å². The summed E-state index contributed by atoms with van der Waals surface area (Å²) in [4.78, 5) is 13.2. The first-order valence-corrected chi connectivity index (χ1v) is 5.29. The molecule has 0 fully saturated rings. The van der Waals surface area contributed by atoms with Crippen molar-refractivity contribution in [1.29, 1.82) is 0 Å². The van der Waals surface area contributed by atoms with Crippen LogP contribution in [0.15, 0.2) is 0 Å². The maximum Gasteiger partial charge on any atom is 0.307 e. The van der Waals surface area contributed by atoms with E-state index in [4.69, 9.17) is 5.73 Å². The quantitative estimate of drug-likeness (QED) is 0.669. The summed E-state index contributed by atoms with van der Waals surface area (Å²) in [5, 5.41) is 0. The Hall–Kier alpha value is -0.610. The van der Waals surface area contributed by atoms with Gasteiger partial charge in [-0.2, -0.15) is 0 Å². The number of hydrogen-bond acceptors (Lipinski definition) is 4. The third-order valence-corrected chi connectivity index (χ3v) is 2.67. The van der Waals surface area contributed by atoms with Gasteiger partial charge in [-0.3, -0.25) is 4.79 Å². The van der Waals surface area contributed by atoms with Gasteiger partial charge in [0, 0.05) is 12.6 Å². The van der Waals surface area contributed by atoms with Crippen LogP contribution in [0, 0.1) is 5.41 Å². The van der Waals surface area contributed by atoms with Crippen molar-refractivity contribution in [3.63, 3.8) is 0 Å². The Morgan fingerprint density at radius 1 is 1.53 bits per heavy atom. The molecule has 0 amide bonds. The van der Waals surface area contributed by atoms with Gasteiger partial charge in [-0.15, -0.1) is 0 Å². The summed E-state index contributed by atoms with van der Waals surface area (Å²) >= 11 is 0. The minimum atomic E-state index is -0.167. The topological polar surface area (TPSA) is 55.6 Å². The lowest BCUT2D eigenvalue weighted by Crippen LogP contribution is -2.41. The number of esters is 1. The van der Waals surface area contributed by atoms with E-state index in [1.165, 1.54) is 7.11 Å². The molecule has 0 saturated heterocycles. The average molecular weight is 216 g/mol. The van der Waals surface area contributed by atoms with Crippen LogP contribution in [0.5, 0.6) is 0 Å². The number of nitrogens with zero attached hydrogens (tertiary/aromatic N) is 1. The SMILES string of the molecule is COC(=O)CC(C)N(C)CC(C)(C)CN. The number of carbonyl (C=O) groups excluding carboxylic acids is 1. The van der Waals surface area contributed by atoms with Gasteiger partial charge in [0.25, 0.3) is 0 Å². The summed E-state index contributed by atoms with van der Waals surface area (Å²) in [6.45, 7) is 7.77. The molecular weight excluding hydrogens is 192 g/mol. The highest BCUT2D eigenvalue weighted by Gasteiger charge is 2.22. The molecule has 0 saturated carbocycles. The fraction of sp³-hybridized carbons (Fsp3) is 0.909. The molecule has 0 aromatic carbocycles. The van der Waals surface area contributed by atoms with Crippen molar-refractivity contribution in [3.05, 3.63) is 0 Å². The van der Waals surface area contributed by atoms with E-state index in [1.54, 1.807) is 0 Å². The fourth-order valence-electron chi connectivity index (χ4n) is 1.38. The number of methoxy groups -OCH3 is 1. The van der Waals surface area contributed by atoms with Crippen LogP contribution in [0.25, 0.3) is 0 Å². The number of nitrogens with two attached hydrogens (primary N) is 1. The lowest BCUT2D eigenvalue weighted by atomic mass is 9.92. The van der Waals surface area contributed by atoms with Crippen molar-refractivity contribution in [2.45, 2.75) is 33.2 Å². The largest absolute Gasteiger partial charge is 0.469 e. The number of hydrogen-bond donors (Lipinski definition) is 1. The average Bonchev–Trinajstić information content (AvgIpc) is 2.16. The highest BCUT2D eigenvalue weighted by molar-refractivity contribution is 5.69. The van der Waals surface area contributed by atoms with Crippen molar-refractivity contribution in [2.75, 3.05) is 27.2 Å². The Kier molecular flexibility index (Phi) is 5.83. The van der Waals surface area contributed by atoms with Crippen molar-refractivity contribution in [3.8, 4) is 0 Å². The molecule has 2 N–H and O–H groups in total. The van der Waals surface area contributed by atoms with Crippen LogP contribution in [0.2, 0.25) is 0 Å². The molecule has 0 radical (unpaired) electrons. The van der Waals surface area contributed by atoms with Gasteiger partial charge in [0.2, 0.25) is 0 Å². The van der Waals surface area contributed by atoms with E-state index in [0.29, 0.717) is 13.0 Å². The van der Waals surface area contributed by atoms with E-state index in [1.807, 2.05) is 14.0 Å². The minimum Gasteiger partial charge on any atom is -0.469 e. The zero-order valence-corrected chi connectivity index (χ0v) is 10.5. The third-order valence-electron chi connectivity index (χ3n) is 2.67. The van der Waals surface area contributed by atoms with Crippen LogP contribution in [0.3, 0.4) is 0 Å². The first kappa shape index (κ1) is 14.4. The van der Waals surface area contributed by atoms with Crippen LogP contribution in [-0.4, -0.2) is 44.2 Å². The molecule has 0 aromatic heterocycles. The van der Waals surface area contributed by atoms with Crippen LogP contribution in [0.1, 0.15) is 27.2 Å². The minimum absolute atomic E-state index is 0.0825. The van der Waals surface area contributed by atoms with Gasteiger partial charge in [0.15, 0.2) is 0 Å². The van der Waals surface area contributed by atoms with E-state index in [0.717, 1.165) is 6.54 Å². The van der Waals surface area contributed by atoms with Gasteiger partial charge in [-0.25, -0.2) is 0 Å². The molecule has 1 atom stereocenters. The van der Waals surface area contributed by atoms with Crippen LogP contribution in [0.4, 0.5) is 0 Å². The van der Waals surface area contributed by atoms with E-state index in [9.17, 15) is 4.79 Å². The Morgan fingerprint density at radius 2 is 2.07 bits per heavy atom. The van der Waals surface area contributed by atoms with Gasteiger partial charge in [-0.1, -0.05) is 13.8 Å². The summed E-state index contributed by atoms with van der Waals surface area (Å²) in [5.41, 5.74) is 5.75. The Morgan fingerprint density at radius 3 is 2.47 bits per heavy atom. The standard InChI is InChI=1S/C11H24N2O2/c1-9(6-10(14)15-5)13(4)8-11(2,3)7-12/h9H,6-8,12H2,1-5H3. The van der Waals surface area contributed by atoms with Gasteiger partial charge < -0.3 is 15.4 Å². The Bertz CT molecular complexity index is 205. The summed E-state index contributed by atoms with van der Waals surface area (Å²) in [6.07, 6.45) is 0.424. The maximum absolute atomic E-state index is 11.1. The highest BCUT2D eigenvalue weighted by Crippen LogP contribution is 2.16. The van der Waals surface area contributed by atoms with E-state index in [2.05, 4.69) is 23.5 Å². The van der Waals surface area contributed by atoms with Crippen LogP contribution >= 0.6 is 0 Å². The maximum atomic E-state index is 11.1. The van der Waals surface area contributed by atoms with Gasteiger partial charge in [0.05, 0.1) is 13.5 Å². The highest BCUT2D eigenvalue weighted by atomic mass is 16.5. The second kappa shape index (κ2) is 6.08. The van der Waals surface area contributed by atoms with Gasteiger partial charge >= 0.3 is 5.97 Å². The lowest BCUT2D eigenvalue weighted by molar-refractivity contribution is -0.141. The first-order chi connectivity index (χ1) is 6.82. The molecule has 0 spiro atoms. The molecule has 0 aliphatic carbocycles. The van der Waals surface area contributed by atoms with Gasteiger partial charge in [-0.05, 0) is 25.9 Å². The molecule has 15 heavy (non-hydrogen) atoms. The zero-order chi connectivity index (χ0) is 12.1. The van der Waals surface area contributed by atoms with Crippen molar-refractivity contribution < 1.29 is 9.53 Å². The molecule has 0 aromatic rings. The summed E-state index contributed by atoms with van der Waals surface area (Å²) in [7, 11) is 3.42. The number of ether oxygens (including phenoxy) is 1. The molecule has 0 aliphatic rings. The molecular formula is C11H24N2O2. The molecule has 0 aliphatic heterocycles. The summed E-state index contributed by atoms with van der Waals surface area (Å²) in [5.74, 6) is -0.167. The molecule has 1 unspecified atom stereocenters. The first-order valence-electron chi connectivity index (χ1n) is 5.29. The number of carbonyl (C=O) groups is 1. The van der Waals surface area contributed by atoms with Crippen molar-refractivity contribution in [1.82, 2.24) is 4.90 Å². The molecule has 0 bridgehead atoms.